The Labute approximate surface area is 127 Å². The number of likely N-dealkylation sites (N-methyl/N-ethyl adjacent to an activating group) is 1. The molecule has 1 aromatic carbocycles. The second-order valence-electron chi connectivity index (χ2n) is 6.74. The SMILES string of the molecule is CCNC(CN(CC1CC1)CC1CC1)c1ccccc1F. The van der Waals surface area contributed by atoms with Gasteiger partial charge in [-0.05, 0) is 50.1 Å². The highest BCUT2D eigenvalue weighted by Gasteiger charge is 2.30. The Morgan fingerprint density at radius 1 is 1.14 bits per heavy atom. The van der Waals surface area contributed by atoms with Crippen molar-refractivity contribution in [1.29, 1.82) is 0 Å². The summed E-state index contributed by atoms with van der Waals surface area (Å²) in [6.45, 7) is 6.31. The molecule has 2 aliphatic rings. The quantitative estimate of drug-likeness (QED) is 0.747. The first-order chi connectivity index (χ1) is 10.3. The fourth-order valence-corrected chi connectivity index (χ4v) is 3.09. The molecule has 21 heavy (non-hydrogen) atoms. The number of hydrogen-bond acceptors (Lipinski definition) is 2. The smallest absolute Gasteiger partial charge is 0.128 e. The van der Waals surface area contributed by atoms with Crippen LogP contribution < -0.4 is 5.32 Å². The second kappa shape index (κ2) is 6.89. The minimum absolute atomic E-state index is 0.0822. The number of halogens is 1. The number of nitrogens with one attached hydrogen (secondary N) is 1. The highest BCUT2D eigenvalue weighted by atomic mass is 19.1. The van der Waals surface area contributed by atoms with E-state index in [0.29, 0.717) is 0 Å². The summed E-state index contributed by atoms with van der Waals surface area (Å²) >= 11 is 0. The second-order valence-corrected chi connectivity index (χ2v) is 6.74. The molecule has 0 saturated heterocycles. The largest absolute Gasteiger partial charge is 0.309 e. The van der Waals surface area contributed by atoms with Gasteiger partial charge in [-0.3, -0.25) is 0 Å². The summed E-state index contributed by atoms with van der Waals surface area (Å²) in [4.78, 5) is 2.58. The van der Waals surface area contributed by atoms with Gasteiger partial charge in [0.25, 0.3) is 0 Å². The molecule has 0 spiro atoms. The summed E-state index contributed by atoms with van der Waals surface area (Å²) in [5, 5.41) is 3.48. The van der Waals surface area contributed by atoms with Gasteiger partial charge in [-0.15, -0.1) is 0 Å². The first-order valence-corrected chi connectivity index (χ1v) is 8.46. The average molecular weight is 290 g/mol. The van der Waals surface area contributed by atoms with Crippen LogP contribution in [0.2, 0.25) is 0 Å². The van der Waals surface area contributed by atoms with Crippen LogP contribution in [0.5, 0.6) is 0 Å². The standard InChI is InChI=1S/C18H27FN2/c1-2-20-18(16-5-3-4-6-17(16)19)13-21(11-14-7-8-14)12-15-9-10-15/h3-6,14-15,18,20H,2,7-13H2,1H3. The van der Waals surface area contributed by atoms with Gasteiger partial charge >= 0.3 is 0 Å². The van der Waals surface area contributed by atoms with Gasteiger partial charge in [-0.25, -0.2) is 4.39 Å². The summed E-state index contributed by atoms with van der Waals surface area (Å²) in [5.74, 6) is 1.71. The van der Waals surface area contributed by atoms with Crippen LogP contribution in [0, 0.1) is 17.7 Å². The maximum Gasteiger partial charge on any atom is 0.128 e. The summed E-state index contributed by atoms with van der Waals surface area (Å²) in [6.07, 6.45) is 5.53. The van der Waals surface area contributed by atoms with E-state index in [1.165, 1.54) is 38.8 Å². The molecule has 0 aliphatic heterocycles. The fraction of sp³-hybridized carbons (Fsp3) is 0.667. The first kappa shape index (κ1) is 15.0. The van der Waals surface area contributed by atoms with E-state index in [1.807, 2.05) is 12.1 Å². The van der Waals surface area contributed by atoms with Crippen LogP contribution in [0.4, 0.5) is 4.39 Å². The molecule has 0 aromatic heterocycles. The van der Waals surface area contributed by atoms with E-state index in [-0.39, 0.29) is 11.9 Å². The van der Waals surface area contributed by atoms with Gasteiger partial charge in [-0.2, -0.15) is 0 Å². The van der Waals surface area contributed by atoms with E-state index in [4.69, 9.17) is 0 Å². The summed E-state index contributed by atoms with van der Waals surface area (Å²) in [5.41, 5.74) is 0.816. The van der Waals surface area contributed by atoms with Gasteiger partial charge in [0, 0.05) is 31.2 Å². The van der Waals surface area contributed by atoms with Crippen LogP contribution in [0.25, 0.3) is 0 Å². The molecule has 0 heterocycles. The lowest BCUT2D eigenvalue weighted by atomic mass is 10.0. The van der Waals surface area contributed by atoms with Gasteiger partial charge in [0.2, 0.25) is 0 Å². The van der Waals surface area contributed by atoms with Crippen LogP contribution in [0.15, 0.2) is 24.3 Å². The molecule has 3 heteroatoms. The monoisotopic (exact) mass is 290 g/mol. The van der Waals surface area contributed by atoms with Crippen LogP contribution >= 0.6 is 0 Å². The Kier molecular flexibility index (Phi) is 4.91. The summed E-state index contributed by atoms with van der Waals surface area (Å²) in [7, 11) is 0. The minimum Gasteiger partial charge on any atom is -0.309 e. The molecule has 3 rings (SSSR count). The predicted octanol–water partition coefficient (Wildman–Crippen LogP) is 3.60. The van der Waals surface area contributed by atoms with E-state index in [1.54, 1.807) is 12.1 Å². The van der Waals surface area contributed by atoms with Crippen molar-refractivity contribution in [2.45, 2.75) is 38.6 Å². The molecule has 1 atom stereocenters. The molecular formula is C18H27FN2. The highest BCUT2D eigenvalue weighted by molar-refractivity contribution is 5.21. The molecule has 0 amide bonds. The minimum atomic E-state index is -0.0822. The molecule has 0 bridgehead atoms. The lowest BCUT2D eigenvalue weighted by molar-refractivity contribution is 0.224. The molecule has 2 fully saturated rings. The number of nitrogens with zero attached hydrogens (tertiary/aromatic N) is 1. The van der Waals surface area contributed by atoms with Crippen LogP contribution in [0.3, 0.4) is 0 Å². The van der Waals surface area contributed by atoms with Crippen LogP contribution in [0.1, 0.15) is 44.2 Å². The first-order valence-electron chi connectivity index (χ1n) is 8.46. The highest BCUT2D eigenvalue weighted by Crippen LogP contribution is 2.34. The zero-order chi connectivity index (χ0) is 14.7. The van der Waals surface area contributed by atoms with Gasteiger partial charge in [0.15, 0.2) is 0 Å². The fourth-order valence-electron chi connectivity index (χ4n) is 3.09. The summed E-state index contributed by atoms with van der Waals surface area (Å²) in [6, 6.07) is 7.32. The topological polar surface area (TPSA) is 15.3 Å². The molecule has 2 aliphatic carbocycles. The van der Waals surface area contributed by atoms with Gasteiger partial charge < -0.3 is 10.2 Å². The lowest BCUT2D eigenvalue weighted by Gasteiger charge is -2.28. The van der Waals surface area contributed by atoms with Crippen LogP contribution in [-0.4, -0.2) is 31.1 Å². The van der Waals surface area contributed by atoms with E-state index < -0.39 is 0 Å². The van der Waals surface area contributed by atoms with Crippen molar-refractivity contribution in [2.24, 2.45) is 11.8 Å². The van der Waals surface area contributed by atoms with Crippen molar-refractivity contribution in [3.63, 3.8) is 0 Å². The Morgan fingerprint density at radius 3 is 2.29 bits per heavy atom. The molecule has 1 N–H and O–H groups in total. The number of benzene rings is 1. The maximum atomic E-state index is 14.1. The van der Waals surface area contributed by atoms with Crippen molar-refractivity contribution < 1.29 is 4.39 Å². The molecule has 1 unspecified atom stereocenters. The molecule has 2 nitrogen and oxygen atoms in total. The zero-order valence-corrected chi connectivity index (χ0v) is 13.0. The predicted molar refractivity (Wildman–Crippen MR) is 84.7 cm³/mol. The normalized spacial score (nSPS) is 20.0. The molecule has 116 valence electrons. The lowest BCUT2D eigenvalue weighted by Crippen LogP contribution is -2.38. The van der Waals surface area contributed by atoms with E-state index in [0.717, 1.165) is 30.5 Å². The Bertz CT molecular complexity index is 440. The third-order valence-electron chi connectivity index (χ3n) is 4.60. The van der Waals surface area contributed by atoms with Crippen molar-refractivity contribution >= 4 is 0 Å². The molecule has 2 saturated carbocycles. The van der Waals surface area contributed by atoms with Crippen molar-refractivity contribution in [1.82, 2.24) is 10.2 Å². The van der Waals surface area contributed by atoms with E-state index in [2.05, 4.69) is 17.1 Å². The Balaban J connectivity index is 1.67. The van der Waals surface area contributed by atoms with Crippen molar-refractivity contribution in [2.75, 3.05) is 26.2 Å². The van der Waals surface area contributed by atoms with Gasteiger partial charge in [-0.1, -0.05) is 25.1 Å². The van der Waals surface area contributed by atoms with Crippen molar-refractivity contribution in [3.05, 3.63) is 35.6 Å². The van der Waals surface area contributed by atoms with Crippen molar-refractivity contribution in [3.8, 4) is 0 Å². The molecular weight excluding hydrogens is 263 g/mol. The average Bonchev–Trinajstić information content (AvgIpc) is 3.35. The Morgan fingerprint density at radius 2 is 1.76 bits per heavy atom. The Hall–Kier alpha value is -0.930. The molecule has 0 radical (unpaired) electrons. The van der Waals surface area contributed by atoms with Gasteiger partial charge in [0.05, 0.1) is 0 Å². The van der Waals surface area contributed by atoms with Crippen LogP contribution in [-0.2, 0) is 0 Å². The molecule has 1 aromatic rings. The number of hydrogen-bond donors (Lipinski definition) is 1. The van der Waals surface area contributed by atoms with E-state index >= 15 is 0 Å². The maximum absolute atomic E-state index is 14.1. The van der Waals surface area contributed by atoms with E-state index in [9.17, 15) is 4.39 Å². The third kappa shape index (κ3) is 4.52. The van der Waals surface area contributed by atoms with Gasteiger partial charge in [0.1, 0.15) is 5.82 Å². The third-order valence-corrected chi connectivity index (χ3v) is 4.60. The summed E-state index contributed by atoms with van der Waals surface area (Å²) < 4.78 is 14.1. The number of rotatable bonds is 9. The zero-order valence-electron chi connectivity index (χ0n) is 13.0.